The molecule has 0 spiro atoms. The van der Waals surface area contributed by atoms with Gasteiger partial charge in [-0.1, -0.05) is 0 Å². The lowest BCUT2D eigenvalue weighted by Crippen LogP contribution is -2.40. The van der Waals surface area contributed by atoms with Gasteiger partial charge in [-0.2, -0.15) is 23.4 Å². The third-order valence-electron chi connectivity index (χ3n) is 4.89. The van der Waals surface area contributed by atoms with Crippen molar-refractivity contribution in [1.82, 2.24) is 34.3 Å². The lowest BCUT2D eigenvalue weighted by molar-refractivity contribution is -0.142. The summed E-state index contributed by atoms with van der Waals surface area (Å²) in [4.78, 5) is 22.2. The van der Waals surface area contributed by atoms with Crippen molar-refractivity contribution in [3.63, 3.8) is 0 Å². The standard InChI is InChI=1S/C17H18F3N7O/c1-11-6-15-23-13(7-14(17(18,19)20)27(15)24-11)12-2-4-25(5-3-12)16(28)8-26-10-21-9-22-26/h6-7,9-10,12H,2-5,8H2,1H3. The van der Waals surface area contributed by atoms with Gasteiger partial charge in [0.2, 0.25) is 5.91 Å². The van der Waals surface area contributed by atoms with Crippen molar-refractivity contribution in [3.05, 3.63) is 41.9 Å². The molecule has 3 aromatic heterocycles. The molecule has 0 radical (unpaired) electrons. The van der Waals surface area contributed by atoms with Gasteiger partial charge in [-0.05, 0) is 25.8 Å². The number of aryl methyl sites for hydroxylation is 1. The molecular formula is C17H18F3N7O. The molecule has 1 saturated heterocycles. The second-order valence-electron chi connectivity index (χ2n) is 6.87. The summed E-state index contributed by atoms with van der Waals surface area (Å²) >= 11 is 0. The normalized spacial score (nSPS) is 16.1. The van der Waals surface area contributed by atoms with Gasteiger partial charge in [-0.3, -0.25) is 4.79 Å². The van der Waals surface area contributed by atoms with Gasteiger partial charge in [0, 0.05) is 30.8 Å². The van der Waals surface area contributed by atoms with E-state index in [2.05, 4.69) is 20.2 Å². The minimum atomic E-state index is -4.52. The molecule has 0 unspecified atom stereocenters. The SMILES string of the molecule is Cc1cc2nc(C3CCN(C(=O)Cn4cncn4)CC3)cc(C(F)(F)F)n2n1. The molecule has 0 saturated carbocycles. The van der Waals surface area contributed by atoms with E-state index >= 15 is 0 Å². The van der Waals surface area contributed by atoms with Crippen LogP contribution in [0.1, 0.15) is 35.8 Å². The molecule has 3 aromatic rings. The molecule has 1 aliphatic heterocycles. The maximum absolute atomic E-state index is 13.5. The van der Waals surface area contributed by atoms with E-state index in [9.17, 15) is 18.0 Å². The Morgan fingerprint density at radius 1 is 1.25 bits per heavy atom. The number of hydrogen-bond acceptors (Lipinski definition) is 5. The Kier molecular flexibility index (Phi) is 4.52. The van der Waals surface area contributed by atoms with E-state index in [4.69, 9.17) is 0 Å². The number of carbonyl (C=O) groups excluding carboxylic acids is 1. The molecule has 1 amide bonds. The lowest BCUT2D eigenvalue weighted by Gasteiger charge is -2.32. The molecule has 4 heterocycles. The first-order valence-corrected chi connectivity index (χ1v) is 8.86. The highest BCUT2D eigenvalue weighted by Gasteiger charge is 2.36. The number of hydrogen-bond donors (Lipinski definition) is 0. The van der Waals surface area contributed by atoms with Crippen LogP contribution in [-0.2, 0) is 17.5 Å². The topological polar surface area (TPSA) is 81.2 Å². The number of fused-ring (bicyclic) bond motifs is 1. The molecule has 1 fully saturated rings. The Bertz CT molecular complexity index is 988. The first kappa shape index (κ1) is 18.4. The number of rotatable bonds is 3. The molecule has 0 aromatic carbocycles. The fourth-order valence-electron chi connectivity index (χ4n) is 3.50. The van der Waals surface area contributed by atoms with Gasteiger partial charge in [0.25, 0.3) is 0 Å². The van der Waals surface area contributed by atoms with E-state index in [0.717, 1.165) is 10.6 Å². The summed E-state index contributed by atoms with van der Waals surface area (Å²) in [5.74, 6) is -0.230. The first-order chi connectivity index (χ1) is 13.3. The highest BCUT2D eigenvalue weighted by Crippen LogP contribution is 2.34. The Balaban J connectivity index is 1.51. The van der Waals surface area contributed by atoms with Crippen molar-refractivity contribution in [2.45, 2.75) is 38.4 Å². The number of likely N-dealkylation sites (tertiary alicyclic amines) is 1. The number of aromatic nitrogens is 6. The first-order valence-electron chi connectivity index (χ1n) is 8.86. The number of alkyl halides is 3. The Morgan fingerprint density at radius 3 is 2.64 bits per heavy atom. The summed E-state index contributed by atoms with van der Waals surface area (Å²) in [6.07, 6.45) is -0.593. The quantitative estimate of drug-likeness (QED) is 0.680. The molecule has 0 aliphatic carbocycles. The van der Waals surface area contributed by atoms with Crippen molar-refractivity contribution in [2.24, 2.45) is 0 Å². The van der Waals surface area contributed by atoms with E-state index < -0.39 is 11.9 Å². The van der Waals surface area contributed by atoms with Crippen molar-refractivity contribution >= 4 is 11.6 Å². The molecule has 1 aliphatic rings. The summed E-state index contributed by atoms with van der Waals surface area (Å²) in [7, 11) is 0. The van der Waals surface area contributed by atoms with Crippen LogP contribution in [0.15, 0.2) is 24.8 Å². The van der Waals surface area contributed by atoms with Crippen LogP contribution in [0.25, 0.3) is 5.65 Å². The lowest BCUT2D eigenvalue weighted by atomic mass is 9.92. The maximum atomic E-state index is 13.5. The number of carbonyl (C=O) groups is 1. The average molecular weight is 393 g/mol. The van der Waals surface area contributed by atoms with Crippen molar-refractivity contribution in [2.75, 3.05) is 13.1 Å². The second kappa shape index (κ2) is 6.88. The molecule has 0 N–H and O–H groups in total. The number of piperidine rings is 1. The van der Waals surface area contributed by atoms with Gasteiger partial charge in [-0.15, -0.1) is 0 Å². The number of nitrogens with zero attached hydrogens (tertiary/aromatic N) is 7. The van der Waals surface area contributed by atoms with Crippen LogP contribution in [0, 0.1) is 6.92 Å². The van der Waals surface area contributed by atoms with Crippen LogP contribution >= 0.6 is 0 Å². The zero-order chi connectivity index (χ0) is 19.9. The second-order valence-corrected chi connectivity index (χ2v) is 6.87. The smallest absolute Gasteiger partial charge is 0.341 e. The highest BCUT2D eigenvalue weighted by molar-refractivity contribution is 5.76. The predicted molar refractivity (Wildman–Crippen MR) is 91.3 cm³/mol. The average Bonchev–Trinajstić information content (AvgIpc) is 3.28. The van der Waals surface area contributed by atoms with Gasteiger partial charge in [0.05, 0.1) is 5.69 Å². The van der Waals surface area contributed by atoms with E-state index in [1.165, 1.54) is 23.4 Å². The summed E-state index contributed by atoms with van der Waals surface area (Å²) in [5, 5.41) is 7.81. The predicted octanol–water partition coefficient (Wildman–Crippen LogP) is 2.05. The van der Waals surface area contributed by atoms with Gasteiger partial charge in [0.1, 0.15) is 24.9 Å². The molecule has 0 atom stereocenters. The number of halogens is 3. The van der Waals surface area contributed by atoms with E-state index in [-0.39, 0.29) is 24.0 Å². The Hall–Kier alpha value is -2.98. The molecule has 4 rings (SSSR count). The summed E-state index contributed by atoms with van der Waals surface area (Å²) in [5.41, 5.74) is 0.226. The van der Waals surface area contributed by atoms with E-state index in [1.54, 1.807) is 11.8 Å². The molecule has 148 valence electrons. The van der Waals surface area contributed by atoms with Crippen LogP contribution in [0.3, 0.4) is 0 Å². The maximum Gasteiger partial charge on any atom is 0.433 e. The third kappa shape index (κ3) is 3.56. The summed E-state index contributed by atoms with van der Waals surface area (Å²) in [6.45, 7) is 2.66. The fourth-order valence-corrected chi connectivity index (χ4v) is 3.50. The van der Waals surface area contributed by atoms with Crippen molar-refractivity contribution in [1.29, 1.82) is 0 Å². The minimum absolute atomic E-state index is 0.0882. The molecular weight excluding hydrogens is 375 g/mol. The van der Waals surface area contributed by atoms with Gasteiger partial charge >= 0.3 is 6.18 Å². The Morgan fingerprint density at radius 2 is 2.00 bits per heavy atom. The molecule has 8 nitrogen and oxygen atoms in total. The monoisotopic (exact) mass is 393 g/mol. The van der Waals surface area contributed by atoms with Gasteiger partial charge in [0.15, 0.2) is 5.65 Å². The van der Waals surface area contributed by atoms with Crippen LogP contribution < -0.4 is 0 Å². The summed E-state index contributed by atoms with van der Waals surface area (Å²) < 4.78 is 42.7. The van der Waals surface area contributed by atoms with Gasteiger partial charge < -0.3 is 4.90 Å². The highest BCUT2D eigenvalue weighted by atomic mass is 19.4. The zero-order valence-corrected chi connectivity index (χ0v) is 15.1. The van der Waals surface area contributed by atoms with Crippen molar-refractivity contribution in [3.8, 4) is 0 Å². The van der Waals surface area contributed by atoms with Crippen molar-refractivity contribution < 1.29 is 18.0 Å². The van der Waals surface area contributed by atoms with E-state index in [0.29, 0.717) is 37.3 Å². The zero-order valence-electron chi connectivity index (χ0n) is 15.1. The third-order valence-corrected chi connectivity index (χ3v) is 4.89. The van der Waals surface area contributed by atoms with Crippen LogP contribution in [-0.4, -0.2) is 53.3 Å². The number of amides is 1. The van der Waals surface area contributed by atoms with Gasteiger partial charge in [-0.25, -0.2) is 19.2 Å². The molecule has 0 bridgehead atoms. The Labute approximate surface area is 158 Å². The van der Waals surface area contributed by atoms with Crippen LogP contribution in [0.4, 0.5) is 13.2 Å². The minimum Gasteiger partial charge on any atom is -0.341 e. The van der Waals surface area contributed by atoms with E-state index in [1.807, 2.05) is 0 Å². The van der Waals surface area contributed by atoms with Crippen LogP contribution in [0.2, 0.25) is 0 Å². The molecule has 11 heteroatoms. The summed E-state index contributed by atoms with van der Waals surface area (Å²) in [6, 6.07) is 2.62. The molecule has 28 heavy (non-hydrogen) atoms. The largest absolute Gasteiger partial charge is 0.433 e. The fraction of sp³-hybridized carbons (Fsp3) is 0.471. The van der Waals surface area contributed by atoms with Crippen LogP contribution in [0.5, 0.6) is 0 Å².